The normalized spacial score (nSPS) is 15.2. The van der Waals surface area contributed by atoms with Crippen LogP contribution in [-0.2, 0) is 29.1 Å². The molecule has 0 aliphatic carbocycles. The number of hydrogen-bond donors (Lipinski definition) is 3. The summed E-state index contributed by atoms with van der Waals surface area (Å²) in [6.45, 7) is 10.3. The lowest BCUT2D eigenvalue weighted by molar-refractivity contribution is -0.137. The average Bonchev–Trinajstić information content (AvgIpc) is 3.08. The molecule has 1 atom stereocenters. The summed E-state index contributed by atoms with van der Waals surface area (Å²) >= 11 is 0. The molecule has 0 unspecified atom stereocenters. The van der Waals surface area contributed by atoms with E-state index in [9.17, 15) is 14.4 Å². The number of carbonyl (C=O) groups is 3. The Morgan fingerprint density at radius 3 is 2.32 bits per heavy atom. The van der Waals surface area contributed by atoms with Crippen LogP contribution in [0.3, 0.4) is 0 Å². The first-order valence-electron chi connectivity index (χ1n) is 14.6. The van der Waals surface area contributed by atoms with Crippen molar-refractivity contribution in [2.45, 2.75) is 71.6 Å². The second-order valence-corrected chi connectivity index (χ2v) is 11.4. The van der Waals surface area contributed by atoms with Crippen LogP contribution >= 0.6 is 0 Å². The lowest BCUT2D eigenvalue weighted by atomic mass is 9.98. The van der Waals surface area contributed by atoms with E-state index >= 15 is 0 Å². The average molecular weight is 555 g/mol. The molecule has 3 amide bonds. The van der Waals surface area contributed by atoms with E-state index < -0.39 is 6.04 Å². The largest absolute Gasteiger partial charge is 0.352 e. The number of amides is 3. The minimum Gasteiger partial charge on any atom is -0.352 e. The minimum absolute atomic E-state index is 0.0838. The standard InChI is InChI=1S/C34H42N4O3/c1-5-19-36-34(3,4)21-31(39)37-30-20-26-11-7-8-12-27(26)23-38(33(30)41)22-24-15-17-25(18-16-24)28-13-9-10-14-29(28)32(40)35-6-2/h7-18,30,36H,5-6,19-23H2,1-4H3,(H,35,40)(H,37,39)/t30-/m1/s1. The molecule has 41 heavy (non-hydrogen) atoms. The number of benzene rings is 3. The molecular weight excluding hydrogens is 512 g/mol. The third-order valence-electron chi connectivity index (χ3n) is 7.45. The van der Waals surface area contributed by atoms with Crippen molar-refractivity contribution in [2.75, 3.05) is 13.1 Å². The van der Waals surface area contributed by atoms with Gasteiger partial charge >= 0.3 is 0 Å². The fourth-order valence-corrected chi connectivity index (χ4v) is 5.34. The van der Waals surface area contributed by atoms with Gasteiger partial charge in [-0.25, -0.2) is 0 Å². The topological polar surface area (TPSA) is 90.5 Å². The van der Waals surface area contributed by atoms with Crippen molar-refractivity contribution in [2.24, 2.45) is 0 Å². The first kappa shape index (κ1) is 30.0. The first-order chi connectivity index (χ1) is 19.7. The molecule has 0 bridgehead atoms. The van der Waals surface area contributed by atoms with Crippen molar-refractivity contribution < 1.29 is 14.4 Å². The van der Waals surface area contributed by atoms with E-state index in [0.29, 0.717) is 31.6 Å². The predicted molar refractivity (Wildman–Crippen MR) is 163 cm³/mol. The zero-order chi connectivity index (χ0) is 29.4. The second kappa shape index (κ2) is 13.6. The maximum Gasteiger partial charge on any atom is 0.251 e. The summed E-state index contributed by atoms with van der Waals surface area (Å²) < 4.78 is 0. The van der Waals surface area contributed by atoms with E-state index in [2.05, 4.69) is 28.9 Å². The Bertz CT molecular complexity index is 1370. The fraction of sp³-hybridized carbons (Fsp3) is 0.382. The Morgan fingerprint density at radius 1 is 0.927 bits per heavy atom. The molecule has 0 saturated carbocycles. The molecule has 3 aromatic rings. The number of nitrogens with zero attached hydrogens (tertiary/aromatic N) is 1. The van der Waals surface area contributed by atoms with E-state index in [-0.39, 0.29) is 29.7 Å². The zero-order valence-electron chi connectivity index (χ0n) is 24.6. The second-order valence-electron chi connectivity index (χ2n) is 11.4. The molecule has 216 valence electrons. The number of hydrogen-bond acceptors (Lipinski definition) is 4. The van der Waals surface area contributed by atoms with Gasteiger partial charge in [0.15, 0.2) is 0 Å². The maximum atomic E-state index is 13.8. The van der Waals surface area contributed by atoms with Gasteiger partial charge in [0.2, 0.25) is 11.8 Å². The highest BCUT2D eigenvalue weighted by atomic mass is 16.2. The summed E-state index contributed by atoms with van der Waals surface area (Å²) in [5, 5.41) is 9.34. The van der Waals surface area contributed by atoms with Gasteiger partial charge in [0.05, 0.1) is 0 Å². The van der Waals surface area contributed by atoms with Crippen LogP contribution in [0.5, 0.6) is 0 Å². The summed E-state index contributed by atoms with van der Waals surface area (Å²) in [5.74, 6) is -0.315. The lowest BCUT2D eigenvalue weighted by Gasteiger charge is -2.28. The van der Waals surface area contributed by atoms with Gasteiger partial charge < -0.3 is 20.9 Å². The van der Waals surface area contributed by atoms with Gasteiger partial charge in [0.25, 0.3) is 5.91 Å². The van der Waals surface area contributed by atoms with Gasteiger partial charge in [-0.05, 0) is 67.6 Å². The van der Waals surface area contributed by atoms with Crippen molar-refractivity contribution in [1.29, 1.82) is 0 Å². The summed E-state index contributed by atoms with van der Waals surface area (Å²) in [6, 6.07) is 23.0. The van der Waals surface area contributed by atoms with Crippen LogP contribution < -0.4 is 16.0 Å². The lowest BCUT2D eigenvalue weighted by Crippen LogP contribution is -2.51. The third-order valence-corrected chi connectivity index (χ3v) is 7.45. The molecule has 0 fully saturated rings. The van der Waals surface area contributed by atoms with Gasteiger partial charge in [0, 0.05) is 43.6 Å². The molecule has 1 aliphatic rings. The van der Waals surface area contributed by atoms with Gasteiger partial charge in [-0.3, -0.25) is 14.4 Å². The summed E-state index contributed by atoms with van der Waals surface area (Å²) in [7, 11) is 0. The van der Waals surface area contributed by atoms with Crippen molar-refractivity contribution in [3.05, 3.63) is 95.1 Å². The monoisotopic (exact) mass is 554 g/mol. The summed E-state index contributed by atoms with van der Waals surface area (Å²) in [5.41, 5.74) is 5.23. The van der Waals surface area contributed by atoms with E-state index in [1.54, 1.807) is 0 Å². The van der Waals surface area contributed by atoms with Crippen LogP contribution in [0.1, 0.15) is 67.6 Å². The first-order valence-corrected chi connectivity index (χ1v) is 14.6. The van der Waals surface area contributed by atoms with Crippen molar-refractivity contribution >= 4 is 17.7 Å². The van der Waals surface area contributed by atoms with Gasteiger partial charge in [-0.15, -0.1) is 0 Å². The van der Waals surface area contributed by atoms with Crippen LogP contribution in [0.2, 0.25) is 0 Å². The number of nitrogens with one attached hydrogen (secondary N) is 3. The maximum absolute atomic E-state index is 13.8. The SMILES string of the molecule is CCCNC(C)(C)CC(=O)N[C@@H]1Cc2ccccc2CN(Cc2ccc(-c3ccccc3C(=O)NCC)cc2)C1=O. The Kier molecular flexibility index (Phi) is 9.95. The minimum atomic E-state index is -0.628. The van der Waals surface area contributed by atoms with Gasteiger partial charge in [0.1, 0.15) is 6.04 Å². The zero-order valence-corrected chi connectivity index (χ0v) is 24.6. The van der Waals surface area contributed by atoms with E-state index in [4.69, 9.17) is 0 Å². The van der Waals surface area contributed by atoms with Gasteiger partial charge in [-0.2, -0.15) is 0 Å². The van der Waals surface area contributed by atoms with Gasteiger partial charge in [-0.1, -0.05) is 73.7 Å². The smallest absolute Gasteiger partial charge is 0.251 e. The molecule has 4 rings (SSSR count). The van der Waals surface area contributed by atoms with E-state index in [1.807, 2.05) is 92.4 Å². The van der Waals surface area contributed by atoms with Crippen molar-refractivity contribution in [3.63, 3.8) is 0 Å². The Labute approximate surface area is 243 Å². The fourth-order valence-electron chi connectivity index (χ4n) is 5.34. The Morgan fingerprint density at radius 2 is 1.61 bits per heavy atom. The predicted octanol–water partition coefficient (Wildman–Crippen LogP) is 4.84. The number of fused-ring (bicyclic) bond motifs is 1. The number of carbonyl (C=O) groups excluding carboxylic acids is 3. The number of rotatable bonds is 11. The highest BCUT2D eigenvalue weighted by Gasteiger charge is 2.32. The molecule has 0 spiro atoms. The molecule has 7 nitrogen and oxygen atoms in total. The van der Waals surface area contributed by atoms with E-state index in [1.165, 1.54) is 0 Å². The molecule has 3 aromatic carbocycles. The summed E-state index contributed by atoms with van der Waals surface area (Å²) in [6.07, 6.45) is 1.74. The molecule has 7 heteroatoms. The Hall–Kier alpha value is -3.97. The van der Waals surface area contributed by atoms with Crippen molar-refractivity contribution in [1.82, 2.24) is 20.9 Å². The molecule has 0 radical (unpaired) electrons. The Balaban J connectivity index is 1.53. The summed E-state index contributed by atoms with van der Waals surface area (Å²) in [4.78, 5) is 41.3. The van der Waals surface area contributed by atoms with Crippen LogP contribution in [0.4, 0.5) is 0 Å². The van der Waals surface area contributed by atoms with E-state index in [0.717, 1.165) is 40.8 Å². The molecule has 1 aliphatic heterocycles. The molecular formula is C34H42N4O3. The highest BCUT2D eigenvalue weighted by molar-refractivity contribution is 6.00. The highest BCUT2D eigenvalue weighted by Crippen LogP contribution is 2.26. The molecule has 0 aromatic heterocycles. The van der Waals surface area contributed by atoms with Crippen LogP contribution in [0.15, 0.2) is 72.8 Å². The molecule has 1 heterocycles. The quantitative estimate of drug-likeness (QED) is 0.316. The van der Waals surface area contributed by atoms with Crippen LogP contribution in [0, 0.1) is 0 Å². The van der Waals surface area contributed by atoms with Crippen LogP contribution in [0.25, 0.3) is 11.1 Å². The van der Waals surface area contributed by atoms with Crippen molar-refractivity contribution in [3.8, 4) is 11.1 Å². The van der Waals surface area contributed by atoms with Crippen LogP contribution in [-0.4, -0.2) is 47.3 Å². The third kappa shape index (κ3) is 7.82. The molecule has 3 N–H and O–H groups in total. The molecule has 0 saturated heterocycles.